The van der Waals surface area contributed by atoms with Crippen molar-refractivity contribution in [2.75, 3.05) is 13.2 Å². The zero-order chi connectivity index (χ0) is 48.6. The molecule has 0 aromatic carbocycles. The molecule has 0 saturated heterocycles. The molecule has 0 bridgehead atoms. The van der Waals surface area contributed by atoms with Gasteiger partial charge in [-0.15, -0.1) is 0 Å². The van der Waals surface area contributed by atoms with Gasteiger partial charge in [0, 0.05) is 19.3 Å². The Kier molecular flexibility index (Phi) is 53.8. The average molecular weight is 940 g/mol. The summed E-state index contributed by atoms with van der Waals surface area (Å²) >= 11 is 0. The number of carbonyl (C=O) groups excluding carboxylic acids is 3. The van der Waals surface area contributed by atoms with E-state index in [0.29, 0.717) is 19.3 Å². The van der Waals surface area contributed by atoms with Crippen LogP contribution in [0.2, 0.25) is 0 Å². The van der Waals surface area contributed by atoms with Crippen LogP contribution < -0.4 is 0 Å². The first kappa shape index (κ1) is 64.4. The Morgan fingerprint density at radius 3 is 0.940 bits per heavy atom. The van der Waals surface area contributed by atoms with Crippen LogP contribution in [-0.2, 0) is 28.6 Å². The molecule has 1 atom stereocenters. The summed E-state index contributed by atoms with van der Waals surface area (Å²) < 4.78 is 16.9. The van der Waals surface area contributed by atoms with Crippen LogP contribution in [0.15, 0.2) is 48.6 Å². The average Bonchev–Trinajstić information content (AvgIpc) is 3.33. The molecule has 6 heteroatoms. The zero-order valence-electron chi connectivity index (χ0n) is 44.7. The molecule has 0 N–H and O–H groups in total. The van der Waals surface area contributed by atoms with E-state index in [9.17, 15) is 14.4 Å². The molecule has 0 saturated carbocycles. The maximum atomic E-state index is 12.9. The molecule has 0 aliphatic heterocycles. The maximum absolute atomic E-state index is 12.9. The number of carbonyl (C=O) groups is 3. The highest BCUT2D eigenvalue weighted by atomic mass is 16.6. The zero-order valence-corrected chi connectivity index (χ0v) is 44.7. The molecule has 67 heavy (non-hydrogen) atoms. The van der Waals surface area contributed by atoms with Gasteiger partial charge in [-0.05, 0) is 77.0 Å². The number of allylic oxidation sites excluding steroid dienone is 8. The first-order valence-corrected chi connectivity index (χ1v) is 29.1. The maximum Gasteiger partial charge on any atom is 0.306 e. The molecule has 0 rings (SSSR count). The van der Waals surface area contributed by atoms with E-state index >= 15 is 0 Å². The quantitative estimate of drug-likeness (QED) is 0.0262. The van der Waals surface area contributed by atoms with E-state index < -0.39 is 6.10 Å². The van der Waals surface area contributed by atoms with Gasteiger partial charge >= 0.3 is 17.9 Å². The molecular weight excluding hydrogens is 829 g/mol. The molecule has 1 unspecified atom stereocenters. The fraction of sp³-hybridized carbons (Fsp3) is 0.820. The first-order chi connectivity index (χ1) is 33.0. The molecule has 0 aromatic heterocycles. The highest BCUT2D eigenvalue weighted by molar-refractivity contribution is 5.71. The van der Waals surface area contributed by atoms with Crippen molar-refractivity contribution >= 4 is 17.9 Å². The number of rotatable bonds is 53. The first-order valence-electron chi connectivity index (χ1n) is 29.1. The number of unbranched alkanes of at least 4 members (excludes halogenated alkanes) is 34. The Balaban J connectivity index is 4.34. The predicted molar refractivity (Wildman–Crippen MR) is 289 cm³/mol. The smallest absolute Gasteiger partial charge is 0.306 e. The van der Waals surface area contributed by atoms with Crippen molar-refractivity contribution in [1.29, 1.82) is 0 Å². The van der Waals surface area contributed by atoms with Crippen LogP contribution in [0.4, 0.5) is 0 Å². The third-order valence-corrected chi connectivity index (χ3v) is 12.8. The van der Waals surface area contributed by atoms with Crippen molar-refractivity contribution < 1.29 is 28.6 Å². The number of hydrogen-bond donors (Lipinski definition) is 0. The molecule has 0 radical (unpaired) electrons. The minimum absolute atomic E-state index is 0.0731. The van der Waals surface area contributed by atoms with Gasteiger partial charge in [0.15, 0.2) is 6.10 Å². The number of esters is 3. The van der Waals surface area contributed by atoms with Crippen LogP contribution in [0.1, 0.15) is 303 Å². The molecule has 6 nitrogen and oxygen atoms in total. The van der Waals surface area contributed by atoms with Gasteiger partial charge in [-0.1, -0.05) is 256 Å². The van der Waals surface area contributed by atoms with E-state index in [4.69, 9.17) is 14.2 Å². The molecule has 0 aromatic rings. The minimum Gasteiger partial charge on any atom is -0.462 e. The Labute approximate surface area is 416 Å². The lowest BCUT2D eigenvalue weighted by Gasteiger charge is -2.18. The summed E-state index contributed by atoms with van der Waals surface area (Å²) in [6.07, 6.45) is 68.1. The summed E-state index contributed by atoms with van der Waals surface area (Å²) in [4.78, 5) is 38.2. The Bertz CT molecular complexity index is 1170. The van der Waals surface area contributed by atoms with E-state index in [2.05, 4.69) is 69.4 Å². The van der Waals surface area contributed by atoms with E-state index in [1.165, 1.54) is 186 Å². The SMILES string of the molecule is CC/C=C\C/C=C\C/C=C\CCCCCCCCCCCC(=O)OCC(COC(=O)CCCCCCCCCCCCCCCCC)OC(=O)CCCCCCCCC/C=C\CCCCCC. The monoisotopic (exact) mass is 939 g/mol. The van der Waals surface area contributed by atoms with Gasteiger partial charge in [0.25, 0.3) is 0 Å². The fourth-order valence-corrected chi connectivity index (χ4v) is 8.45. The van der Waals surface area contributed by atoms with E-state index in [-0.39, 0.29) is 31.1 Å². The van der Waals surface area contributed by atoms with Crippen LogP contribution in [0.3, 0.4) is 0 Å². The molecular formula is C61H110O6. The Morgan fingerprint density at radius 1 is 0.313 bits per heavy atom. The van der Waals surface area contributed by atoms with Crippen LogP contribution in [-0.4, -0.2) is 37.2 Å². The van der Waals surface area contributed by atoms with Gasteiger partial charge in [-0.3, -0.25) is 14.4 Å². The largest absolute Gasteiger partial charge is 0.462 e. The Morgan fingerprint density at radius 2 is 0.582 bits per heavy atom. The van der Waals surface area contributed by atoms with Gasteiger partial charge < -0.3 is 14.2 Å². The summed E-state index contributed by atoms with van der Waals surface area (Å²) in [5, 5.41) is 0. The second kappa shape index (κ2) is 56.0. The van der Waals surface area contributed by atoms with E-state index in [1.54, 1.807) is 0 Å². The fourth-order valence-electron chi connectivity index (χ4n) is 8.45. The van der Waals surface area contributed by atoms with Crippen LogP contribution in [0.5, 0.6) is 0 Å². The molecule has 0 heterocycles. The highest BCUT2D eigenvalue weighted by Gasteiger charge is 2.19. The van der Waals surface area contributed by atoms with Crippen molar-refractivity contribution in [2.45, 2.75) is 309 Å². The molecule has 0 amide bonds. The lowest BCUT2D eigenvalue weighted by atomic mass is 10.0. The van der Waals surface area contributed by atoms with Crippen molar-refractivity contribution in [1.82, 2.24) is 0 Å². The van der Waals surface area contributed by atoms with Crippen molar-refractivity contribution in [3.8, 4) is 0 Å². The van der Waals surface area contributed by atoms with Gasteiger partial charge in [-0.25, -0.2) is 0 Å². The van der Waals surface area contributed by atoms with Gasteiger partial charge in [0.05, 0.1) is 0 Å². The normalized spacial score (nSPS) is 12.3. The summed E-state index contributed by atoms with van der Waals surface area (Å²) in [6, 6.07) is 0. The van der Waals surface area contributed by atoms with Crippen LogP contribution in [0, 0.1) is 0 Å². The van der Waals surface area contributed by atoms with Crippen LogP contribution >= 0.6 is 0 Å². The molecule has 0 aliphatic carbocycles. The standard InChI is InChI=1S/C61H110O6/c1-4-7-10-13-16-19-22-25-28-29-30-31-34-36-39-42-45-48-51-54-60(63)66-57-58(67-61(64)55-52-49-46-43-40-37-33-27-24-21-18-15-12-9-6-3)56-65-59(62)53-50-47-44-41-38-35-32-26-23-20-17-14-11-8-5-2/h7,10,16,19,21,24-25,28,58H,4-6,8-9,11-15,17-18,20,22-23,26-27,29-57H2,1-3H3/b10-7-,19-16-,24-21-,28-25-. The topological polar surface area (TPSA) is 78.9 Å². The predicted octanol–water partition coefficient (Wildman–Crippen LogP) is 19.4. The van der Waals surface area contributed by atoms with Crippen molar-refractivity contribution in [3.63, 3.8) is 0 Å². The van der Waals surface area contributed by atoms with Gasteiger partial charge in [-0.2, -0.15) is 0 Å². The van der Waals surface area contributed by atoms with E-state index in [0.717, 1.165) is 77.0 Å². The second-order valence-corrected chi connectivity index (χ2v) is 19.5. The number of hydrogen-bond acceptors (Lipinski definition) is 6. The molecule has 0 fully saturated rings. The van der Waals surface area contributed by atoms with Gasteiger partial charge in [0.2, 0.25) is 0 Å². The van der Waals surface area contributed by atoms with Gasteiger partial charge in [0.1, 0.15) is 13.2 Å². The molecule has 0 aliphatic rings. The highest BCUT2D eigenvalue weighted by Crippen LogP contribution is 2.16. The minimum atomic E-state index is -0.775. The second-order valence-electron chi connectivity index (χ2n) is 19.5. The Hall–Kier alpha value is -2.63. The summed E-state index contributed by atoms with van der Waals surface area (Å²) in [5.41, 5.74) is 0. The van der Waals surface area contributed by atoms with Crippen molar-refractivity contribution in [3.05, 3.63) is 48.6 Å². The summed E-state index contributed by atoms with van der Waals surface area (Å²) in [7, 11) is 0. The summed E-state index contributed by atoms with van der Waals surface area (Å²) in [6.45, 7) is 6.55. The third-order valence-electron chi connectivity index (χ3n) is 12.8. The molecule has 0 spiro atoms. The van der Waals surface area contributed by atoms with Crippen molar-refractivity contribution in [2.24, 2.45) is 0 Å². The number of ether oxygens (including phenoxy) is 3. The van der Waals surface area contributed by atoms with E-state index in [1.807, 2.05) is 0 Å². The molecule has 390 valence electrons. The summed E-state index contributed by atoms with van der Waals surface area (Å²) in [5.74, 6) is -0.867. The lowest BCUT2D eigenvalue weighted by molar-refractivity contribution is -0.167. The third kappa shape index (κ3) is 54.2. The lowest BCUT2D eigenvalue weighted by Crippen LogP contribution is -2.30. The van der Waals surface area contributed by atoms with Crippen LogP contribution in [0.25, 0.3) is 0 Å².